The Morgan fingerprint density at radius 2 is 1.74 bits per heavy atom. The molecule has 1 aliphatic rings. The Balaban J connectivity index is 2.34. The summed E-state index contributed by atoms with van der Waals surface area (Å²) in [5.41, 5.74) is 0.688. The monoisotopic (exact) mass is 261 g/mol. The molecule has 100 valence electrons. The number of benzene rings is 1. The average molecular weight is 261 g/mol. The molecular weight excluding hydrogens is 246 g/mol. The van der Waals surface area contributed by atoms with Crippen LogP contribution in [-0.2, 0) is 9.59 Å². The van der Waals surface area contributed by atoms with Crippen LogP contribution in [0.1, 0.15) is 30.7 Å². The van der Waals surface area contributed by atoms with Gasteiger partial charge in [0.2, 0.25) is 6.54 Å². The smallest absolute Gasteiger partial charge is 0.211 e. The Morgan fingerprint density at radius 3 is 2.26 bits per heavy atom. The number of nitro groups is 1. The molecule has 1 atom stereocenters. The summed E-state index contributed by atoms with van der Waals surface area (Å²) < 4.78 is 0. The Labute approximate surface area is 110 Å². The van der Waals surface area contributed by atoms with Crippen LogP contribution in [-0.4, -0.2) is 23.0 Å². The zero-order valence-electron chi connectivity index (χ0n) is 10.5. The molecule has 0 bridgehead atoms. The van der Waals surface area contributed by atoms with Crippen molar-refractivity contribution < 1.29 is 14.5 Å². The number of carbonyl (C=O) groups is 2. The third-order valence-corrected chi connectivity index (χ3v) is 3.52. The molecule has 1 aliphatic carbocycles. The van der Waals surface area contributed by atoms with Crippen LogP contribution in [0.3, 0.4) is 0 Å². The van der Waals surface area contributed by atoms with Gasteiger partial charge < -0.3 is 0 Å². The molecule has 0 aromatic heterocycles. The molecule has 0 unspecified atom stereocenters. The van der Waals surface area contributed by atoms with Crippen molar-refractivity contribution in [2.45, 2.75) is 25.2 Å². The van der Waals surface area contributed by atoms with Gasteiger partial charge in [0.25, 0.3) is 0 Å². The van der Waals surface area contributed by atoms with Crippen LogP contribution in [0.5, 0.6) is 0 Å². The summed E-state index contributed by atoms with van der Waals surface area (Å²) in [5.74, 6) is -1.81. The second kappa shape index (κ2) is 5.73. The van der Waals surface area contributed by atoms with E-state index in [0.717, 1.165) is 0 Å². The zero-order valence-corrected chi connectivity index (χ0v) is 10.5. The Bertz CT molecular complexity index is 481. The molecule has 5 nitrogen and oxygen atoms in total. The molecule has 0 heterocycles. The molecule has 5 heteroatoms. The summed E-state index contributed by atoms with van der Waals surface area (Å²) in [6.45, 7) is -0.383. The highest BCUT2D eigenvalue weighted by Crippen LogP contribution is 2.32. The molecule has 0 saturated heterocycles. The van der Waals surface area contributed by atoms with Gasteiger partial charge in [0, 0.05) is 17.8 Å². The highest BCUT2D eigenvalue weighted by atomic mass is 16.6. The lowest BCUT2D eigenvalue weighted by Gasteiger charge is -2.25. The number of hydrogen-bond acceptors (Lipinski definition) is 4. The molecule has 0 N–H and O–H groups in total. The SMILES string of the molecule is O=C1CCCC(=O)C1[C@@H](C[N+](=O)[O-])c1ccccc1. The van der Waals surface area contributed by atoms with E-state index in [2.05, 4.69) is 0 Å². The zero-order chi connectivity index (χ0) is 13.8. The maximum absolute atomic E-state index is 12.0. The van der Waals surface area contributed by atoms with E-state index in [9.17, 15) is 19.7 Å². The molecular formula is C14H15NO4. The van der Waals surface area contributed by atoms with Crippen molar-refractivity contribution in [2.75, 3.05) is 6.54 Å². The predicted octanol–water partition coefficient (Wildman–Crippen LogP) is 1.99. The van der Waals surface area contributed by atoms with Gasteiger partial charge in [0.15, 0.2) is 0 Å². The van der Waals surface area contributed by atoms with Gasteiger partial charge in [-0.2, -0.15) is 0 Å². The van der Waals surface area contributed by atoms with E-state index in [1.165, 1.54) is 0 Å². The molecule has 0 aliphatic heterocycles. The number of ketones is 2. The maximum atomic E-state index is 12.0. The Hall–Kier alpha value is -2.04. The summed E-state index contributed by atoms with van der Waals surface area (Å²) in [5, 5.41) is 10.8. The second-order valence-corrected chi connectivity index (χ2v) is 4.80. The standard InChI is InChI=1S/C14H15NO4/c16-12-7-4-8-13(17)14(12)11(9-15(18)19)10-5-2-1-3-6-10/h1-3,5-6,11,14H,4,7-9H2/t11-/m0/s1. The molecule has 0 spiro atoms. The van der Waals surface area contributed by atoms with Crippen molar-refractivity contribution in [3.8, 4) is 0 Å². The molecule has 19 heavy (non-hydrogen) atoms. The first-order valence-corrected chi connectivity index (χ1v) is 6.32. The van der Waals surface area contributed by atoms with Crippen LogP contribution in [0, 0.1) is 16.0 Å². The lowest BCUT2D eigenvalue weighted by atomic mass is 9.75. The van der Waals surface area contributed by atoms with E-state index < -0.39 is 16.8 Å². The first-order valence-electron chi connectivity index (χ1n) is 6.32. The summed E-state index contributed by atoms with van der Waals surface area (Å²) in [6.07, 6.45) is 1.25. The van der Waals surface area contributed by atoms with Gasteiger partial charge in [-0.15, -0.1) is 0 Å². The van der Waals surface area contributed by atoms with Crippen molar-refractivity contribution in [3.05, 3.63) is 46.0 Å². The fraction of sp³-hybridized carbons (Fsp3) is 0.429. The van der Waals surface area contributed by atoms with E-state index in [0.29, 0.717) is 24.8 Å². The minimum absolute atomic E-state index is 0.160. The van der Waals surface area contributed by atoms with E-state index >= 15 is 0 Å². The molecule has 1 fully saturated rings. The molecule has 2 rings (SSSR count). The van der Waals surface area contributed by atoms with Crippen LogP contribution in [0.25, 0.3) is 0 Å². The van der Waals surface area contributed by atoms with Crippen molar-refractivity contribution in [2.24, 2.45) is 5.92 Å². The summed E-state index contributed by atoms with van der Waals surface area (Å²) in [4.78, 5) is 34.3. The summed E-state index contributed by atoms with van der Waals surface area (Å²) >= 11 is 0. The quantitative estimate of drug-likeness (QED) is 0.471. The van der Waals surface area contributed by atoms with Crippen molar-refractivity contribution in [1.29, 1.82) is 0 Å². The first-order chi connectivity index (χ1) is 9.09. The highest BCUT2D eigenvalue weighted by molar-refractivity contribution is 6.05. The van der Waals surface area contributed by atoms with Gasteiger partial charge in [0.1, 0.15) is 11.6 Å². The van der Waals surface area contributed by atoms with Crippen molar-refractivity contribution in [3.63, 3.8) is 0 Å². The molecule has 1 aromatic rings. The van der Waals surface area contributed by atoms with E-state index in [-0.39, 0.29) is 18.1 Å². The van der Waals surface area contributed by atoms with Crippen LogP contribution >= 0.6 is 0 Å². The van der Waals surface area contributed by atoms with Gasteiger partial charge in [-0.05, 0) is 12.0 Å². The van der Waals surface area contributed by atoms with Gasteiger partial charge >= 0.3 is 0 Å². The van der Waals surface area contributed by atoms with Crippen LogP contribution in [0.4, 0.5) is 0 Å². The lowest BCUT2D eigenvalue weighted by molar-refractivity contribution is -0.484. The maximum Gasteiger partial charge on any atom is 0.211 e. The lowest BCUT2D eigenvalue weighted by Crippen LogP contribution is -2.36. The minimum atomic E-state index is -0.846. The fourth-order valence-corrected chi connectivity index (χ4v) is 2.64. The van der Waals surface area contributed by atoms with Gasteiger partial charge in [0.05, 0.1) is 11.8 Å². The average Bonchev–Trinajstić information content (AvgIpc) is 2.38. The Kier molecular flexibility index (Phi) is 4.04. The van der Waals surface area contributed by atoms with E-state index in [4.69, 9.17) is 0 Å². The molecule has 0 radical (unpaired) electrons. The van der Waals surface area contributed by atoms with Crippen LogP contribution < -0.4 is 0 Å². The number of nitrogens with zero attached hydrogens (tertiary/aromatic N) is 1. The van der Waals surface area contributed by atoms with Crippen molar-refractivity contribution in [1.82, 2.24) is 0 Å². The molecule has 1 saturated carbocycles. The largest absolute Gasteiger partial charge is 0.299 e. The number of rotatable bonds is 4. The summed E-state index contributed by atoms with van der Waals surface area (Å²) in [7, 11) is 0. The highest BCUT2D eigenvalue weighted by Gasteiger charge is 2.39. The molecule has 0 amide bonds. The third-order valence-electron chi connectivity index (χ3n) is 3.52. The van der Waals surface area contributed by atoms with Crippen molar-refractivity contribution >= 4 is 11.6 Å². The number of Topliss-reactive ketones (excluding diaryl/α,β-unsaturated/α-hetero) is 2. The summed E-state index contributed by atoms with van der Waals surface area (Å²) in [6, 6.07) is 8.81. The van der Waals surface area contributed by atoms with Crippen LogP contribution in [0.2, 0.25) is 0 Å². The number of hydrogen-bond donors (Lipinski definition) is 0. The number of carbonyl (C=O) groups excluding carboxylic acids is 2. The third kappa shape index (κ3) is 3.05. The topological polar surface area (TPSA) is 77.3 Å². The first kappa shape index (κ1) is 13.4. The normalized spacial score (nSPS) is 18.3. The fourth-order valence-electron chi connectivity index (χ4n) is 2.64. The van der Waals surface area contributed by atoms with Gasteiger partial charge in [-0.1, -0.05) is 30.3 Å². The van der Waals surface area contributed by atoms with Crippen LogP contribution in [0.15, 0.2) is 30.3 Å². The van der Waals surface area contributed by atoms with E-state index in [1.807, 2.05) is 0 Å². The van der Waals surface area contributed by atoms with E-state index in [1.54, 1.807) is 30.3 Å². The Morgan fingerprint density at radius 1 is 1.16 bits per heavy atom. The minimum Gasteiger partial charge on any atom is -0.299 e. The molecule has 1 aromatic carbocycles. The van der Waals surface area contributed by atoms with Gasteiger partial charge in [-0.3, -0.25) is 19.7 Å². The van der Waals surface area contributed by atoms with Gasteiger partial charge in [-0.25, -0.2) is 0 Å². The predicted molar refractivity (Wildman–Crippen MR) is 68.4 cm³/mol. The second-order valence-electron chi connectivity index (χ2n) is 4.80.